The van der Waals surface area contributed by atoms with Crippen molar-refractivity contribution in [2.45, 2.75) is 26.0 Å². The van der Waals surface area contributed by atoms with E-state index in [1.165, 1.54) is 0 Å². The van der Waals surface area contributed by atoms with E-state index in [-0.39, 0.29) is 12.1 Å². The molecule has 0 aliphatic rings. The van der Waals surface area contributed by atoms with Gasteiger partial charge in [-0.2, -0.15) is 5.10 Å². The van der Waals surface area contributed by atoms with Crippen molar-refractivity contribution >= 4 is 16.6 Å². The summed E-state index contributed by atoms with van der Waals surface area (Å²) < 4.78 is 5.29. The molecule has 4 heteroatoms. The Morgan fingerprint density at radius 2 is 2.19 bits per heavy atom. The van der Waals surface area contributed by atoms with E-state index in [4.69, 9.17) is 4.74 Å². The number of aromatic amines is 1. The molecule has 86 valence electrons. The van der Waals surface area contributed by atoms with Crippen LogP contribution < -0.4 is 5.32 Å². The molecular weight excluding hydrogens is 202 g/mol. The second-order valence-corrected chi connectivity index (χ2v) is 4.01. The first kappa shape index (κ1) is 11.0. The minimum absolute atomic E-state index is 0.169. The van der Waals surface area contributed by atoms with Crippen molar-refractivity contribution in [1.82, 2.24) is 10.2 Å². The lowest BCUT2D eigenvalue weighted by Crippen LogP contribution is -2.29. The van der Waals surface area contributed by atoms with Gasteiger partial charge in [-0.05, 0) is 26.0 Å². The number of nitrogens with zero attached hydrogens (tertiary/aromatic N) is 1. The zero-order valence-electron chi connectivity index (χ0n) is 9.82. The molecular formula is C12H17N3O. The van der Waals surface area contributed by atoms with Gasteiger partial charge in [0.25, 0.3) is 0 Å². The maximum absolute atomic E-state index is 5.29. The highest BCUT2D eigenvalue weighted by atomic mass is 16.5. The quantitative estimate of drug-likeness (QED) is 0.830. The van der Waals surface area contributed by atoms with Crippen LogP contribution in [0.4, 0.5) is 5.69 Å². The van der Waals surface area contributed by atoms with Crippen LogP contribution in [0.25, 0.3) is 10.9 Å². The number of H-pyrrole nitrogens is 1. The summed E-state index contributed by atoms with van der Waals surface area (Å²) in [6.07, 6.45) is 2.00. The minimum Gasteiger partial charge on any atom is -0.380 e. The van der Waals surface area contributed by atoms with E-state index in [0.717, 1.165) is 16.6 Å². The van der Waals surface area contributed by atoms with Gasteiger partial charge < -0.3 is 10.1 Å². The van der Waals surface area contributed by atoms with Crippen LogP contribution in [-0.2, 0) is 4.74 Å². The first-order valence-electron chi connectivity index (χ1n) is 5.44. The highest BCUT2D eigenvalue weighted by Crippen LogP contribution is 2.22. The first-order chi connectivity index (χ1) is 7.72. The smallest absolute Gasteiger partial charge is 0.0741 e. The molecule has 0 saturated carbocycles. The van der Waals surface area contributed by atoms with Crippen molar-refractivity contribution in [3.63, 3.8) is 0 Å². The molecule has 0 aliphatic heterocycles. The van der Waals surface area contributed by atoms with Gasteiger partial charge in [-0.25, -0.2) is 0 Å². The second-order valence-electron chi connectivity index (χ2n) is 4.01. The third-order valence-corrected chi connectivity index (χ3v) is 2.94. The Labute approximate surface area is 95.0 Å². The largest absolute Gasteiger partial charge is 0.380 e. The molecule has 0 amide bonds. The van der Waals surface area contributed by atoms with E-state index in [0.29, 0.717) is 0 Å². The molecule has 2 aromatic rings. The van der Waals surface area contributed by atoms with E-state index < -0.39 is 0 Å². The fraction of sp³-hybridized carbons (Fsp3) is 0.417. The first-order valence-corrected chi connectivity index (χ1v) is 5.44. The van der Waals surface area contributed by atoms with Gasteiger partial charge >= 0.3 is 0 Å². The number of hydrogen-bond donors (Lipinski definition) is 2. The van der Waals surface area contributed by atoms with Crippen LogP contribution >= 0.6 is 0 Å². The Morgan fingerprint density at radius 1 is 1.38 bits per heavy atom. The summed E-state index contributed by atoms with van der Waals surface area (Å²) >= 11 is 0. The molecule has 0 aliphatic carbocycles. The fourth-order valence-electron chi connectivity index (χ4n) is 1.66. The summed E-state index contributed by atoms with van der Waals surface area (Å²) in [5, 5.41) is 11.5. The lowest BCUT2D eigenvalue weighted by molar-refractivity contribution is 0.106. The Bertz CT molecular complexity index is 466. The number of aromatic nitrogens is 2. The summed E-state index contributed by atoms with van der Waals surface area (Å²) in [6, 6.07) is 6.33. The van der Waals surface area contributed by atoms with E-state index >= 15 is 0 Å². The summed E-state index contributed by atoms with van der Waals surface area (Å²) in [4.78, 5) is 0. The van der Waals surface area contributed by atoms with Crippen molar-refractivity contribution in [3.8, 4) is 0 Å². The molecule has 0 saturated heterocycles. The third-order valence-electron chi connectivity index (χ3n) is 2.94. The van der Waals surface area contributed by atoms with E-state index in [2.05, 4.69) is 28.5 Å². The molecule has 2 N–H and O–H groups in total. The predicted octanol–water partition coefficient (Wildman–Crippen LogP) is 2.40. The second kappa shape index (κ2) is 4.53. The Kier molecular flexibility index (Phi) is 3.10. The normalized spacial score (nSPS) is 14.9. The van der Waals surface area contributed by atoms with E-state index in [1.807, 2.05) is 25.3 Å². The molecule has 1 heterocycles. The number of rotatable bonds is 4. The predicted molar refractivity (Wildman–Crippen MR) is 65.6 cm³/mol. The SMILES string of the molecule is COC(C)C(C)Nc1cccc2[nH]ncc12. The molecule has 2 unspecified atom stereocenters. The monoisotopic (exact) mass is 219 g/mol. The number of nitrogens with one attached hydrogen (secondary N) is 2. The number of methoxy groups -OCH3 is 1. The Morgan fingerprint density at radius 3 is 2.94 bits per heavy atom. The van der Waals surface area contributed by atoms with Crippen LogP contribution in [0.2, 0.25) is 0 Å². The molecule has 4 nitrogen and oxygen atoms in total. The van der Waals surface area contributed by atoms with Gasteiger partial charge in [-0.15, -0.1) is 0 Å². The number of fused-ring (bicyclic) bond motifs is 1. The highest BCUT2D eigenvalue weighted by Gasteiger charge is 2.12. The number of hydrogen-bond acceptors (Lipinski definition) is 3. The molecule has 16 heavy (non-hydrogen) atoms. The van der Waals surface area contributed by atoms with E-state index in [9.17, 15) is 0 Å². The fourth-order valence-corrected chi connectivity index (χ4v) is 1.66. The number of benzene rings is 1. The van der Waals surface area contributed by atoms with Gasteiger partial charge in [-0.3, -0.25) is 5.10 Å². The van der Waals surface area contributed by atoms with Crippen molar-refractivity contribution < 1.29 is 4.74 Å². The molecule has 2 atom stereocenters. The lowest BCUT2D eigenvalue weighted by atomic mass is 10.1. The number of ether oxygens (including phenoxy) is 1. The van der Waals surface area contributed by atoms with Crippen LogP contribution in [-0.4, -0.2) is 29.5 Å². The maximum atomic E-state index is 5.29. The van der Waals surface area contributed by atoms with Crippen LogP contribution in [0, 0.1) is 0 Å². The van der Waals surface area contributed by atoms with Crippen molar-refractivity contribution in [2.75, 3.05) is 12.4 Å². The van der Waals surface area contributed by atoms with Crippen molar-refractivity contribution in [2.24, 2.45) is 0 Å². The van der Waals surface area contributed by atoms with Crippen LogP contribution in [0.3, 0.4) is 0 Å². The molecule has 1 aromatic carbocycles. The minimum atomic E-state index is 0.169. The van der Waals surface area contributed by atoms with E-state index in [1.54, 1.807) is 7.11 Å². The van der Waals surface area contributed by atoms with Gasteiger partial charge in [0.15, 0.2) is 0 Å². The topological polar surface area (TPSA) is 49.9 Å². The molecule has 0 bridgehead atoms. The summed E-state index contributed by atoms with van der Waals surface area (Å²) in [5.41, 5.74) is 2.13. The van der Waals surface area contributed by atoms with Crippen LogP contribution in [0.1, 0.15) is 13.8 Å². The molecule has 2 rings (SSSR count). The van der Waals surface area contributed by atoms with Crippen molar-refractivity contribution in [1.29, 1.82) is 0 Å². The third kappa shape index (κ3) is 2.02. The van der Waals surface area contributed by atoms with Crippen molar-refractivity contribution in [3.05, 3.63) is 24.4 Å². The molecule has 0 radical (unpaired) electrons. The molecule has 0 fully saturated rings. The average Bonchev–Trinajstić information content (AvgIpc) is 2.77. The summed E-state index contributed by atoms with van der Waals surface area (Å²) in [5.74, 6) is 0. The Hall–Kier alpha value is -1.55. The maximum Gasteiger partial charge on any atom is 0.0741 e. The zero-order chi connectivity index (χ0) is 11.5. The average molecular weight is 219 g/mol. The van der Waals surface area contributed by atoms with Gasteiger partial charge in [0.2, 0.25) is 0 Å². The Balaban J connectivity index is 2.23. The van der Waals surface area contributed by atoms with Gasteiger partial charge in [0, 0.05) is 24.2 Å². The molecule has 1 aromatic heterocycles. The van der Waals surface area contributed by atoms with Gasteiger partial charge in [0.1, 0.15) is 0 Å². The zero-order valence-corrected chi connectivity index (χ0v) is 9.82. The standard InChI is InChI=1S/C12H17N3O/c1-8(9(2)16-3)14-11-5-4-6-12-10(11)7-13-15-12/h4-9,14H,1-3H3,(H,13,15). The summed E-state index contributed by atoms with van der Waals surface area (Å²) in [6.45, 7) is 4.15. The summed E-state index contributed by atoms with van der Waals surface area (Å²) in [7, 11) is 1.72. The molecule has 0 spiro atoms. The number of anilines is 1. The van der Waals surface area contributed by atoms with Crippen LogP contribution in [0.5, 0.6) is 0 Å². The van der Waals surface area contributed by atoms with Gasteiger partial charge in [0.05, 0.1) is 17.8 Å². The lowest BCUT2D eigenvalue weighted by Gasteiger charge is -2.21. The van der Waals surface area contributed by atoms with Gasteiger partial charge in [-0.1, -0.05) is 6.07 Å². The van der Waals surface area contributed by atoms with Crippen LogP contribution in [0.15, 0.2) is 24.4 Å². The highest BCUT2D eigenvalue weighted by molar-refractivity contribution is 5.90.